The van der Waals surface area contributed by atoms with E-state index in [1.165, 1.54) is 12.1 Å². The van der Waals surface area contributed by atoms with E-state index in [1.54, 1.807) is 18.3 Å². The van der Waals surface area contributed by atoms with Crippen LogP contribution in [0.4, 0.5) is 10.2 Å². The third kappa shape index (κ3) is 3.71. The highest BCUT2D eigenvalue weighted by Crippen LogP contribution is 2.19. The minimum absolute atomic E-state index is 0.0579. The molecular formula is C18H21FN4O. The highest BCUT2D eigenvalue weighted by atomic mass is 19.1. The van der Waals surface area contributed by atoms with Gasteiger partial charge in [0.2, 0.25) is 0 Å². The van der Waals surface area contributed by atoms with Crippen molar-refractivity contribution in [3.8, 4) is 0 Å². The van der Waals surface area contributed by atoms with Crippen LogP contribution in [0.5, 0.6) is 0 Å². The molecule has 1 aromatic carbocycles. The zero-order valence-electron chi connectivity index (χ0n) is 13.7. The number of aromatic nitrogens is 1. The number of hydrogen-bond acceptors (Lipinski definition) is 4. The summed E-state index contributed by atoms with van der Waals surface area (Å²) in [7, 11) is 2.10. The van der Waals surface area contributed by atoms with Crippen molar-refractivity contribution in [1.82, 2.24) is 15.2 Å². The van der Waals surface area contributed by atoms with Gasteiger partial charge >= 0.3 is 0 Å². The second-order valence-corrected chi connectivity index (χ2v) is 5.94. The van der Waals surface area contributed by atoms with E-state index in [0.29, 0.717) is 6.54 Å². The van der Waals surface area contributed by atoms with Gasteiger partial charge in [0.15, 0.2) is 0 Å². The predicted octanol–water partition coefficient (Wildman–Crippen LogP) is 1.90. The van der Waals surface area contributed by atoms with Gasteiger partial charge in [0.1, 0.15) is 11.6 Å². The number of anilines is 1. The highest BCUT2D eigenvalue weighted by Gasteiger charge is 2.18. The number of carbonyl (C=O) groups excluding carboxylic acids is 1. The van der Waals surface area contributed by atoms with E-state index in [0.717, 1.165) is 37.6 Å². The van der Waals surface area contributed by atoms with Crippen LogP contribution in [0, 0.1) is 5.82 Å². The van der Waals surface area contributed by atoms with Crippen LogP contribution in [-0.4, -0.2) is 49.0 Å². The number of nitrogens with zero attached hydrogens (tertiary/aromatic N) is 3. The van der Waals surface area contributed by atoms with Gasteiger partial charge in [-0.05, 0) is 25.2 Å². The molecule has 3 rings (SSSR count). The van der Waals surface area contributed by atoms with Crippen molar-refractivity contribution in [2.24, 2.45) is 0 Å². The number of pyridine rings is 1. The first kappa shape index (κ1) is 16.4. The lowest BCUT2D eigenvalue weighted by molar-refractivity contribution is 0.0947. The number of benzene rings is 1. The minimum Gasteiger partial charge on any atom is -0.354 e. The molecular weight excluding hydrogens is 307 g/mol. The zero-order valence-corrected chi connectivity index (χ0v) is 13.7. The molecule has 0 unspecified atom stereocenters. The van der Waals surface area contributed by atoms with Gasteiger partial charge in [-0.15, -0.1) is 0 Å². The van der Waals surface area contributed by atoms with Gasteiger partial charge in [0, 0.05) is 44.5 Å². The van der Waals surface area contributed by atoms with Gasteiger partial charge in [-0.25, -0.2) is 9.37 Å². The first-order valence-corrected chi connectivity index (χ1v) is 8.05. The standard InChI is InChI=1S/C18H21FN4O/c1-22-9-11-23(12-10-22)17-14(5-4-8-20-17)13-21-18(24)15-6-2-3-7-16(15)19/h2-8H,9-13H2,1H3,(H,21,24). The fourth-order valence-electron chi connectivity index (χ4n) is 2.79. The van der Waals surface area contributed by atoms with Crippen molar-refractivity contribution in [3.63, 3.8) is 0 Å². The van der Waals surface area contributed by atoms with E-state index in [2.05, 4.69) is 27.1 Å². The Labute approximate surface area is 141 Å². The molecule has 2 heterocycles. The van der Waals surface area contributed by atoms with E-state index >= 15 is 0 Å². The van der Waals surface area contributed by atoms with Crippen LogP contribution in [0.1, 0.15) is 15.9 Å². The van der Waals surface area contributed by atoms with Crippen LogP contribution in [0.3, 0.4) is 0 Å². The Hall–Kier alpha value is -2.47. The van der Waals surface area contributed by atoms with E-state index in [4.69, 9.17) is 0 Å². The monoisotopic (exact) mass is 328 g/mol. The summed E-state index contributed by atoms with van der Waals surface area (Å²) in [6.07, 6.45) is 1.76. The molecule has 126 valence electrons. The van der Waals surface area contributed by atoms with Crippen molar-refractivity contribution in [1.29, 1.82) is 0 Å². The molecule has 1 N–H and O–H groups in total. The molecule has 1 amide bonds. The molecule has 1 fully saturated rings. The Bertz CT molecular complexity index is 714. The number of halogens is 1. The first-order chi connectivity index (χ1) is 11.6. The first-order valence-electron chi connectivity index (χ1n) is 8.05. The second kappa shape index (κ2) is 7.40. The van der Waals surface area contributed by atoms with Crippen LogP contribution in [-0.2, 0) is 6.54 Å². The second-order valence-electron chi connectivity index (χ2n) is 5.94. The van der Waals surface area contributed by atoms with Crippen molar-refractivity contribution in [3.05, 3.63) is 59.5 Å². The molecule has 1 aromatic heterocycles. The van der Waals surface area contributed by atoms with Gasteiger partial charge in [0.05, 0.1) is 5.56 Å². The quantitative estimate of drug-likeness (QED) is 0.931. The number of rotatable bonds is 4. The topological polar surface area (TPSA) is 48.5 Å². The fourth-order valence-corrected chi connectivity index (χ4v) is 2.79. The average Bonchev–Trinajstić information content (AvgIpc) is 2.61. The van der Waals surface area contributed by atoms with E-state index < -0.39 is 11.7 Å². The molecule has 0 bridgehead atoms. The Morgan fingerprint density at radius 1 is 1.17 bits per heavy atom. The molecule has 1 saturated heterocycles. The third-order valence-corrected chi connectivity index (χ3v) is 4.23. The average molecular weight is 328 g/mol. The smallest absolute Gasteiger partial charge is 0.254 e. The Morgan fingerprint density at radius 2 is 1.92 bits per heavy atom. The van der Waals surface area contributed by atoms with Gasteiger partial charge in [-0.3, -0.25) is 4.79 Å². The Morgan fingerprint density at radius 3 is 2.67 bits per heavy atom. The van der Waals surface area contributed by atoms with Crippen molar-refractivity contribution < 1.29 is 9.18 Å². The lowest BCUT2D eigenvalue weighted by Gasteiger charge is -2.34. The Kier molecular flexibility index (Phi) is 5.05. The molecule has 0 spiro atoms. The number of likely N-dealkylation sites (N-methyl/N-ethyl adjacent to an activating group) is 1. The van der Waals surface area contributed by atoms with Gasteiger partial charge < -0.3 is 15.1 Å². The Balaban J connectivity index is 1.70. The van der Waals surface area contributed by atoms with E-state index in [-0.39, 0.29) is 5.56 Å². The number of carbonyl (C=O) groups is 1. The van der Waals surface area contributed by atoms with Crippen molar-refractivity contribution in [2.75, 3.05) is 38.1 Å². The third-order valence-electron chi connectivity index (χ3n) is 4.23. The SMILES string of the molecule is CN1CCN(c2ncccc2CNC(=O)c2ccccc2F)CC1. The molecule has 1 aliphatic heterocycles. The van der Waals surface area contributed by atoms with Crippen molar-refractivity contribution in [2.45, 2.75) is 6.54 Å². The summed E-state index contributed by atoms with van der Waals surface area (Å²) in [5.74, 6) is -0.0406. The maximum atomic E-state index is 13.7. The van der Waals surface area contributed by atoms with Crippen LogP contribution >= 0.6 is 0 Å². The van der Waals surface area contributed by atoms with Gasteiger partial charge in [-0.2, -0.15) is 0 Å². The van der Waals surface area contributed by atoms with Crippen LogP contribution in [0.25, 0.3) is 0 Å². The molecule has 0 aliphatic carbocycles. The summed E-state index contributed by atoms with van der Waals surface area (Å²) in [4.78, 5) is 21.2. The van der Waals surface area contributed by atoms with Gasteiger partial charge in [-0.1, -0.05) is 18.2 Å². The lowest BCUT2D eigenvalue weighted by Crippen LogP contribution is -2.45. The summed E-state index contributed by atoms with van der Waals surface area (Å²) in [5.41, 5.74) is 0.995. The van der Waals surface area contributed by atoms with Crippen LogP contribution < -0.4 is 10.2 Å². The van der Waals surface area contributed by atoms with Gasteiger partial charge in [0.25, 0.3) is 5.91 Å². The molecule has 0 radical (unpaired) electrons. The molecule has 0 atom stereocenters. The number of piperazine rings is 1. The fraction of sp³-hybridized carbons (Fsp3) is 0.333. The van der Waals surface area contributed by atoms with Crippen molar-refractivity contribution >= 4 is 11.7 Å². The normalized spacial score (nSPS) is 15.3. The number of hydrogen-bond donors (Lipinski definition) is 1. The summed E-state index contributed by atoms with van der Waals surface area (Å²) in [6, 6.07) is 9.78. The van der Waals surface area contributed by atoms with E-state index in [9.17, 15) is 9.18 Å². The van der Waals surface area contributed by atoms with Crippen LogP contribution in [0.15, 0.2) is 42.6 Å². The summed E-state index contributed by atoms with van der Waals surface area (Å²) >= 11 is 0. The minimum atomic E-state index is -0.513. The molecule has 6 heteroatoms. The summed E-state index contributed by atoms with van der Waals surface area (Å²) < 4.78 is 13.7. The molecule has 5 nitrogen and oxygen atoms in total. The van der Waals surface area contributed by atoms with Crippen LogP contribution in [0.2, 0.25) is 0 Å². The largest absolute Gasteiger partial charge is 0.354 e. The maximum absolute atomic E-state index is 13.7. The predicted molar refractivity (Wildman–Crippen MR) is 91.5 cm³/mol. The maximum Gasteiger partial charge on any atom is 0.254 e. The zero-order chi connectivity index (χ0) is 16.9. The summed E-state index contributed by atoms with van der Waals surface area (Å²) in [5, 5.41) is 2.79. The highest BCUT2D eigenvalue weighted by molar-refractivity contribution is 5.94. The number of amides is 1. The number of nitrogens with one attached hydrogen (secondary N) is 1. The van der Waals surface area contributed by atoms with E-state index in [1.807, 2.05) is 12.1 Å². The molecule has 1 aliphatic rings. The molecule has 2 aromatic rings. The lowest BCUT2D eigenvalue weighted by atomic mass is 10.2. The molecule has 24 heavy (non-hydrogen) atoms. The molecule has 0 saturated carbocycles. The summed E-state index contributed by atoms with van der Waals surface area (Å²) in [6.45, 7) is 4.10.